The number of carbonyl (C=O) groups is 2. The maximum atomic E-state index is 12.7. The van der Waals surface area contributed by atoms with Crippen LogP contribution in [0.3, 0.4) is 0 Å². The molecule has 0 radical (unpaired) electrons. The lowest BCUT2D eigenvalue weighted by Crippen LogP contribution is -2.35. The second kappa shape index (κ2) is 8.73. The van der Waals surface area contributed by atoms with E-state index in [0.29, 0.717) is 22.6 Å². The van der Waals surface area contributed by atoms with Gasteiger partial charge in [-0.15, -0.1) is 0 Å². The van der Waals surface area contributed by atoms with E-state index in [1.807, 2.05) is 0 Å². The number of nitro groups is 1. The molecule has 9 heteroatoms. The first kappa shape index (κ1) is 21.0. The maximum Gasteiger partial charge on any atom is 0.315 e. The number of nitrogens with zero attached hydrogens (tertiary/aromatic N) is 2. The summed E-state index contributed by atoms with van der Waals surface area (Å²) in [5.41, 5.74) is 1.40. The minimum Gasteiger partial charge on any atom is -0.497 e. The molecular weight excluding hydrogens is 392 g/mol. The number of ether oxygens (including phenoxy) is 3. The number of hydrogen-bond donors (Lipinski definition) is 0. The van der Waals surface area contributed by atoms with Gasteiger partial charge < -0.3 is 14.2 Å². The predicted molar refractivity (Wildman–Crippen MR) is 106 cm³/mol. The molecule has 0 bridgehead atoms. The van der Waals surface area contributed by atoms with Gasteiger partial charge in [-0.25, -0.2) is 0 Å². The number of non-ortho nitro benzene ring substituents is 1. The van der Waals surface area contributed by atoms with Crippen LogP contribution in [0.2, 0.25) is 0 Å². The standard InChI is InChI=1S/C21H20N2O7/c1-28-15-10-6-13(7-11-15)19-17(21(25)30-3)16(20(24)29-2)18(22-19)12-4-8-14(9-5-12)23(26)27/h4-11,16-17,19H,1-3H3/t16-,17-,19-/m0/s1. The molecule has 2 aromatic rings. The fourth-order valence-corrected chi connectivity index (χ4v) is 3.54. The zero-order valence-electron chi connectivity index (χ0n) is 16.6. The smallest absolute Gasteiger partial charge is 0.315 e. The van der Waals surface area contributed by atoms with Crippen LogP contribution in [0.5, 0.6) is 5.75 Å². The molecule has 1 aliphatic rings. The van der Waals surface area contributed by atoms with E-state index in [2.05, 4.69) is 4.99 Å². The lowest BCUT2D eigenvalue weighted by Gasteiger charge is -2.21. The third kappa shape index (κ3) is 3.86. The van der Waals surface area contributed by atoms with Crippen LogP contribution in [0.25, 0.3) is 0 Å². The Morgan fingerprint density at radius 2 is 1.53 bits per heavy atom. The van der Waals surface area contributed by atoms with Crippen molar-refractivity contribution in [3.63, 3.8) is 0 Å². The molecule has 1 aliphatic heterocycles. The molecule has 0 spiro atoms. The highest BCUT2D eigenvalue weighted by molar-refractivity contribution is 6.15. The van der Waals surface area contributed by atoms with Crippen molar-refractivity contribution >= 4 is 23.3 Å². The van der Waals surface area contributed by atoms with Crippen LogP contribution < -0.4 is 4.74 Å². The molecule has 0 fully saturated rings. The van der Waals surface area contributed by atoms with E-state index in [1.165, 1.54) is 38.5 Å². The summed E-state index contributed by atoms with van der Waals surface area (Å²) < 4.78 is 15.1. The average molecular weight is 412 g/mol. The van der Waals surface area contributed by atoms with E-state index in [9.17, 15) is 19.7 Å². The fourth-order valence-electron chi connectivity index (χ4n) is 3.54. The molecule has 0 aromatic heterocycles. The lowest BCUT2D eigenvalue weighted by molar-refractivity contribution is -0.384. The van der Waals surface area contributed by atoms with Gasteiger partial charge >= 0.3 is 11.9 Å². The highest BCUT2D eigenvalue weighted by atomic mass is 16.6. The summed E-state index contributed by atoms with van der Waals surface area (Å²) in [5, 5.41) is 11.0. The third-order valence-electron chi connectivity index (χ3n) is 5.03. The van der Waals surface area contributed by atoms with Gasteiger partial charge in [0, 0.05) is 12.1 Å². The van der Waals surface area contributed by atoms with Gasteiger partial charge in [0.1, 0.15) is 17.6 Å². The minimum atomic E-state index is -1.02. The van der Waals surface area contributed by atoms with Crippen LogP contribution in [0.15, 0.2) is 53.5 Å². The SMILES string of the molecule is COC(=O)[C@@H]1C(c2ccc([N+](=O)[O-])cc2)=N[C@@H](c2ccc(OC)cc2)[C@H]1C(=O)OC. The van der Waals surface area contributed by atoms with Crippen molar-refractivity contribution in [1.29, 1.82) is 0 Å². The largest absolute Gasteiger partial charge is 0.497 e. The highest BCUT2D eigenvalue weighted by Crippen LogP contribution is 2.42. The summed E-state index contributed by atoms with van der Waals surface area (Å²) >= 11 is 0. The van der Waals surface area contributed by atoms with Gasteiger partial charge in [-0.3, -0.25) is 24.7 Å². The number of carbonyl (C=O) groups excluding carboxylic acids is 2. The van der Waals surface area contributed by atoms with Crippen LogP contribution in [-0.4, -0.2) is 43.9 Å². The first-order valence-corrected chi connectivity index (χ1v) is 9.03. The van der Waals surface area contributed by atoms with E-state index < -0.39 is 34.7 Å². The molecule has 0 saturated heterocycles. The molecule has 0 amide bonds. The topological polar surface area (TPSA) is 117 Å². The van der Waals surface area contributed by atoms with E-state index in [-0.39, 0.29) is 5.69 Å². The molecule has 30 heavy (non-hydrogen) atoms. The molecule has 0 unspecified atom stereocenters. The number of benzene rings is 2. The zero-order valence-corrected chi connectivity index (χ0v) is 16.6. The van der Waals surface area contributed by atoms with Crippen LogP contribution in [-0.2, 0) is 19.1 Å². The van der Waals surface area contributed by atoms with Gasteiger partial charge in [0.2, 0.25) is 0 Å². The second-order valence-electron chi connectivity index (χ2n) is 6.59. The molecule has 3 rings (SSSR count). The Bertz CT molecular complexity index is 983. The van der Waals surface area contributed by atoms with E-state index in [0.717, 1.165) is 0 Å². The van der Waals surface area contributed by atoms with Crippen LogP contribution in [0, 0.1) is 22.0 Å². The molecule has 1 heterocycles. The zero-order chi connectivity index (χ0) is 21.8. The Morgan fingerprint density at radius 3 is 2.03 bits per heavy atom. The van der Waals surface area contributed by atoms with Crippen molar-refractivity contribution < 1.29 is 28.7 Å². The Kier molecular flexibility index (Phi) is 6.10. The number of nitro benzene ring substituents is 1. The Morgan fingerprint density at radius 1 is 0.933 bits per heavy atom. The normalized spacial score (nSPS) is 20.2. The summed E-state index contributed by atoms with van der Waals surface area (Å²) in [6.07, 6.45) is 0. The van der Waals surface area contributed by atoms with Gasteiger partial charge in [0.05, 0.1) is 38.0 Å². The third-order valence-corrected chi connectivity index (χ3v) is 5.03. The first-order chi connectivity index (χ1) is 14.4. The number of esters is 2. The van der Waals surface area contributed by atoms with Crippen LogP contribution in [0.1, 0.15) is 17.2 Å². The number of rotatable bonds is 6. The first-order valence-electron chi connectivity index (χ1n) is 9.03. The van der Waals surface area contributed by atoms with Crippen molar-refractivity contribution in [1.82, 2.24) is 0 Å². The Balaban J connectivity index is 2.11. The van der Waals surface area contributed by atoms with Crippen molar-refractivity contribution in [2.45, 2.75) is 6.04 Å². The predicted octanol–water partition coefficient (Wildman–Crippen LogP) is 2.73. The van der Waals surface area contributed by atoms with E-state index >= 15 is 0 Å². The van der Waals surface area contributed by atoms with Gasteiger partial charge in [-0.05, 0) is 35.4 Å². The molecule has 3 atom stereocenters. The van der Waals surface area contributed by atoms with E-state index in [1.54, 1.807) is 31.4 Å². The molecule has 9 nitrogen and oxygen atoms in total. The average Bonchev–Trinajstić information content (AvgIpc) is 3.18. The van der Waals surface area contributed by atoms with Crippen molar-refractivity contribution in [2.75, 3.05) is 21.3 Å². The summed E-state index contributed by atoms with van der Waals surface area (Å²) in [6, 6.07) is 11.9. The molecule has 156 valence electrons. The number of aliphatic imine (C=N–C) groups is 1. The maximum absolute atomic E-state index is 12.7. The molecule has 0 aliphatic carbocycles. The number of methoxy groups -OCH3 is 3. The Hall–Kier alpha value is -3.75. The van der Waals surface area contributed by atoms with Gasteiger partial charge in [-0.2, -0.15) is 0 Å². The Labute approximate surface area is 172 Å². The van der Waals surface area contributed by atoms with Crippen molar-refractivity contribution in [3.8, 4) is 5.75 Å². The lowest BCUT2D eigenvalue weighted by atomic mass is 9.82. The fraction of sp³-hybridized carbons (Fsp3) is 0.286. The van der Waals surface area contributed by atoms with Gasteiger partial charge in [0.15, 0.2) is 0 Å². The summed E-state index contributed by atoms with van der Waals surface area (Å²) in [4.78, 5) is 40.4. The quantitative estimate of drug-likeness (QED) is 0.407. The van der Waals surface area contributed by atoms with Crippen LogP contribution >= 0.6 is 0 Å². The van der Waals surface area contributed by atoms with Gasteiger partial charge in [0.25, 0.3) is 5.69 Å². The molecule has 0 N–H and O–H groups in total. The summed E-state index contributed by atoms with van der Waals surface area (Å²) in [7, 11) is 4.01. The van der Waals surface area contributed by atoms with E-state index in [4.69, 9.17) is 14.2 Å². The van der Waals surface area contributed by atoms with Gasteiger partial charge in [-0.1, -0.05) is 12.1 Å². The molecule has 0 saturated carbocycles. The van der Waals surface area contributed by atoms with Crippen LogP contribution in [0.4, 0.5) is 5.69 Å². The summed E-state index contributed by atoms with van der Waals surface area (Å²) in [5.74, 6) is -2.57. The molecular formula is C21H20N2O7. The summed E-state index contributed by atoms with van der Waals surface area (Å²) in [6.45, 7) is 0. The number of hydrogen-bond acceptors (Lipinski definition) is 8. The second-order valence-corrected chi connectivity index (χ2v) is 6.59. The minimum absolute atomic E-state index is 0.0943. The highest BCUT2D eigenvalue weighted by Gasteiger charge is 2.49. The van der Waals surface area contributed by atoms with Crippen molar-refractivity contribution in [2.24, 2.45) is 16.8 Å². The van der Waals surface area contributed by atoms with Crippen molar-refractivity contribution in [3.05, 3.63) is 69.8 Å². The monoisotopic (exact) mass is 412 g/mol. The molecule has 2 aromatic carbocycles.